The molecule has 1 saturated carbocycles. The number of imidazole rings is 1. The van der Waals surface area contributed by atoms with Gasteiger partial charge in [0.25, 0.3) is 0 Å². The molecule has 3 rings (SSSR count). The molecule has 1 atom stereocenters. The maximum absolute atomic E-state index is 6.15. The van der Waals surface area contributed by atoms with Gasteiger partial charge in [0, 0.05) is 6.04 Å². The second-order valence-electron chi connectivity index (χ2n) is 5.52. The van der Waals surface area contributed by atoms with E-state index in [0.717, 1.165) is 17.9 Å². The van der Waals surface area contributed by atoms with E-state index in [1.807, 2.05) is 0 Å². The van der Waals surface area contributed by atoms with Crippen molar-refractivity contribution >= 4 is 17.0 Å². The lowest BCUT2D eigenvalue weighted by atomic mass is 10.1. The van der Waals surface area contributed by atoms with E-state index in [4.69, 9.17) is 5.73 Å². The summed E-state index contributed by atoms with van der Waals surface area (Å²) >= 11 is 0. The Balaban J connectivity index is 2.08. The number of hydrogen-bond acceptors (Lipinski definition) is 2. The van der Waals surface area contributed by atoms with E-state index >= 15 is 0 Å². The molecular formula is C15H21N3. The monoisotopic (exact) mass is 243 g/mol. The number of para-hydroxylation sites is 1. The van der Waals surface area contributed by atoms with E-state index in [2.05, 4.69) is 41.6 Å². The smallest absolute Gasteiger partial charge is 0.201 e. The van der Waals surface area contributed by atoms with Crippen LogP contribution in [0.4, 0.5) is 5.95 Å². The van der Waals surface area contributed by atoms with Crippen molar-refractivity contribution in [2.45, 2.75) is 45.6 Å². The number of nitrogens with two attached hydrogens (primary N) is 1. The number of nitrogens with zero attached hydrogens (tertiary/aromatic N) is 2. The molecule has 96 valence electrons. The van der Waals surface area contributed by atoms with Crippen LogP contribution < -0.4 is 5.73 Å². The third-order valence-corrected chi connectivity index (χ3v) is 4.09. The summed E-state index contributed by atoms with van der Waals surface area (Å²) in [5.41, 5.74) is 9.61. The van der Waals surface area contributed by atoms with Crippen LogP contribution in [0.15, 0.2) is 18.2 Å². The van der Waals surface area contributed by atoms with Crippen molar-refractivity contribution in [3.63, 3.8) is 0 Å². The van der Waals surface area contributed by atoms with Gasteiger partial charge in [0.1, 0.15) is 0 Å². The summed E-state index contributed by atoms with van der Waals surface area (Å²) in [7, 11) is 0. The van der Waals surface area contributed by atoms with Crippen LogP contribution in [0.3, 0.4) is 0 Å². The maximum Gasteiger partial charge on any atom is 0.201 e. The Morgan fingerprint density at radius 2 is 2.22 bits per heavy atom. The van der Waals surface area contributed by atoms with Crippen LogP contribution in [0.2, 0.25) is 0 Å². The maximum atomic E-state index is 6.15. The second-order valence-corrected chi connectivity index (χ2v) is 5.52. The molecule has 1 unspecified atom stereocenters. The molecule has 1 aromatic carbocycles. The van der Waals surface area contributed by atoms with Crippen molar-refractivity contribution in [2.75, 3.05) is 5.73 Å². The van der Waals surface area contributed by atoms with E-state index in [-0.39, 0.29) is 0 Å². The highest BCUT2D eigenvalue weighted by atomic mass is 15.2. The van der Waals surface area contributed by atoms with Crippen LogP contribution in [0.25, 0.3) is 11.0 Å². The lowest BCUT2D eigenvalue weighted by Gasteiger charge is -2.18. The van der Waals surface area contributed by atoms with Crippen LogP contribution in [0, 0.1) is 12.8 Å². The molecule has 0 bridgehead atoms. The Hall–Kier alpha value is -1.51. The quantitative estimate of drug-likeness (QED) is 0.890. The highest BCUT2D eigenvalue weighted by Gasteiger charge is 2.27. The van der Waals surface area contributed by atoms with Gasteiger partial charge in [0.2, 0.25) is 5.95 Å². The molecule has 18 heavy (non-hydrogen) atoms. The summed E-state index contributed by atoms with van der Waals surface area (Å²) in [4.78, 5) is 4.55. The van der Waals surface area contributed by atoms with E-state index in [0.29, 0.717) is 12.0 Å². The molecule has 2 N–H and O–H groups in total. The number of fused-ring (bicyclic) bond motifs is 1. The summed E-state index contributed by atoms with van der Waals surface area (Å²) in [6.07, 6.45) is 5.16. The molecule has 0 aliphatic heterocycles. The lowest BCUT2D eigenvalue weighted by Crippen LogP contribution is -2.12. The van der Waals surface area contributed by atoms with E-state index in [9.17, 15) is 0 Å². The van der Waals surface area contributed by atoms with Gasteiger partial charge >= 0.3 is 0 Å². The van der Waals surface area contributed by atoms with Gasteiger partial charge in [0.15, 0.2) is 0 Å². The first-order valence-corrected chi connectivity index (χ1v) is 6.93. The number of rotatable bonds is 4. The zero-order chi connectivity index (χ0) is 12.7. The lowest BCUT2D eigenvalue weighted by molar-refractivity contribution is 0.442. The Bertz CT molecular complexity index is 566. The molecule has 0 amide bonds. The van der Waals surface area contributed by atoms with Crippen molar-refractivity contribution < 1.29 is 0 Å². The number of hydrogen-bond donors (Lipinski definition) is 1. The summed E-state index contributed by atoms with van der Waals surface area (Å²) in [5.74, 6) is 1.59. The molecule has 0 spiro atoms. The highest BCUT2D eigenvalue weighted by molar-refractivity contribution is 5.81. The van der Waals surface area contributed by atoms with Gasteiger partial charge in [-0.1, -0.05) is 31.9 Å². The van der Waals surface area contributed by atoms with Gasteiger partial charge in [-0.25, -0.2) is 4.98 Å². The molecule has 0 radical (unpaired) electrons. The largest absolute Gasteiger partial charge is 0.369 e. The van der Waals surface area contributed by atoms with Crippen molar-refractivity contribution in [1.29, 1.82) is 0 Å². The first kappa shape index (κ1) is 11.6. The zero-order valence-electron chi connectivity index (χ0n) is 11.2. The van der Waals surface area contributed by atoms with Gasteiger partial charge in [0.05, 0.1) is 11.0 Å². The number of aryl methyl sites for hydroxylation is 1. The van der Waals surface area contributed by atoms with Crippen LogP contribution in [-0.2, 0) is 0 Å². The van der Waals surface area contributed by atoms with Crippen molar-refractivity contribution in [3.05, 3.63) is 23.8 Å². The summed E-state index contributed by atoms with van der Waals surface area (Å²) < 4.78 is 2.25. The number of nitrogen functional groups attached to an aromatic ring is 1. The first-order chi connectivity index (χ1) is 8.70. The molecule has 1 aliphatic rings. The third kappa shape index (κ3) is 1.88. The number of aromatic nitrogens is 2. The predicted octanol–water partition coefficient (Wildman–Crippen LogP) is 3.68. The van der Waals surface area contributed by atoms with Crippen molar-refractivity contribution in [3.8, 4) is 0 Å². The molecule has 3 heteroatoms. The normalized spacial score (nSPS) is 17.2. The van der Waals surface area contributed by atoms with Crippen LogP contribution in [0.5, 0.6) is 0 Å². The average Bonchev–Trinajstić information content (AvgIpc) is 3.10. The first-order valence-electron chi connectivity index (χ1n) is 6.93. The van der Waals surface area contributed by atoms with E-state index in [1.165, 1.54) is 30.3 Å². The minimum Gasteiger partial charge on any atom is -0.369 e. The summed E-state index contributed by atoms with van der Waals surface area (Å²) in [5, 5.41) is 0. The minimum absolute atomic E-state index is 0.504. The van der Waals surface area contributed by atoms with Gasteiger partial charge in [-0.15, -0.1) is 0 Å². The number of anilines is 1. The van der Waals surface area contributed by atoms with Crippen molar-refractivity contribution in [1.82, 2.24) is 9.55 Å². The topological polar surface area (TPSA) is 43.8 Å². The molecule has 0 saturated heterocycles. The van der Waals surface area contributed by atoms with Crippen LogP contribution in [-0.4, -0.2) is 9.55 Å². The average molecular weight is 243 g/mol. The van der Waals surface area contributed by atoms with Crippen molar-refractivity contribution in [2.24, 2.45) is 5.92 Å². The fourth-order valence-corrected chi connectivity index (χ4v) is 2.85. The Morgan fingerprint density at radius 1 is 1.44 bits per heavy atom. The Labute approximate surface area is 108 Å². The van der Waals surface area contributed by atoms with Crippen LogP contribution in [0.1, 0.15) is 44.2 Å². The van der Waals surface area contributed by atoms with Gasteiger partial charge < -0.3 is 10.3 Å². The minimum atomic E-state index is 0.504. The van der Waals surface area contributed by atoms with Gasteiger partial charge in [-0.3, -0.25) is 0 Å². The SMILES string of the molecule is CCC(CC1CC1)n1c(N)nc2c(C)cccc21. The summed E-state index contributed by atoms with van der Waals surface area (Å²) in [6, 6.07) is 6.84. The molecule has 2 aromatic rings. The van der Waals surface area contributed by atoms with Crippen LogP contribution >= 0.6 is 0 Å². The second kappa shape index (κ2) is 4.30. The molecule has 1 aliphatic carbocycles. The van der Waals surface area contributed by atoms with E-state index in [1.54, 1.807) is 0 Å². The summed E-state index contributed by atoms with van der Waals surface area (Å²) in [6.45, 7) is 4.34. The van der Waals surface area contributed by atoms with E-state index < -0.39 is 0 Å². The van der Waals surface area contributed by atoms with Gasteiger partial charge in [-0.2, -0.15) is 0 Å². The Morgan fingerprint density at radius 3 is 2.89 bits per heavy atom. The standard InChI is InChI=1S/C15H21N3/c1-3-12(9-11-7-8-11)18-13-6-4-5-10(2)14(13)17-15(18)16/h4-6,11-12H,3,7-9H2,1-2H3,(H2,16,17). The molecule has 1 fully saturated rings. The number of benzene rings is 1. The molecular weight excluding hydrogens is 222 g/mol. The molecule has 1 heterocycles. The zero-order valence-corrected chi connectivity index (χ0v) is 11.2. The Kier molecular flexibility index (Phi) is 2.77. The molecule has 3 nitrogen and oxygen atoms in total. The predicted molar refractivity (Wildman–Crippen MR) is 75.6 cm³/mol. The molecule has 1 aromatic heterocycles. The fourth-order valence-electron chi connectivity index (χ4n) is 2.85. The highest BCUT2D eigenvalue weighted by Crippen LogP contribution is 2.39. The third-order valence-electron chi connectivity index (χ3n) is 4.09. The fraction of sp³-hybridized carbons (Fsp3) is 0.533. The van der Waals surface area contributed by atoms with Gasteiger partial charge in [-0.05, 0) is 37.3 Å².